The Hall–Kier alpha value is -3.72. The van der Waals surface area contributed by atoms with Gasteiger partial charge in [-0.05, 0) is 42.7 Å². The lowest BCUT2D eigenvalue weighted by Gasteiger charge is -2.31. The monoisotopic (exact) mass is 475 g/mol. The highest BCUT2D eigenvalue weighted by Crippen LogP contribution is 2.30. The smallest absolute Gasteiger partial charge is 0.274 e. The third kappa shape index (κ3) is 5.05. The van der Waals surface area contributed by atoms with Crippen LogP contribution >= 0.6 is 0 Å². The van der Waals surface area contributed by atoms with Crippen LogP contribution in [0.2, 0.25) is 0 Å². The standard InChI is InChI=1S/C26H29N5O4/c1-34-21-7-5-18(6-8-21)23-15-31-17-29-24(22(31)16-35-23)26(33)30-12-9-19(10-13-30)25(32)28-14-20-4-2-3-11-27-20/h2-8,11,17,19,23H,9-10,12-16H2,1H3,(H,28,32)/t23-/m1/s1. The molecule has 1 N–H and O–H groups in total. The van der Waals surface area contributed by atoms with Gasteiger partial charge in [-0.25, -0.2) is 4.98 Å². The third-order valence-corrected chi connectivity index (χ3v) is 6.74. The molecule has 182 valence electrons. The molecular weight excluding hydrogens is 446 g/mol. The first-order chi connectivity index (χ1) is 17.1. The predicted octanol–water partition coefficient (Wildman–Crippen LogP) is 2.73. The molecule has 0 bridgehead atoms. The summed E-state index contributed by atoms with van der Waals surface area (Å²) in [6, 6.07) is 13.5. The van der Waals surface area contributed by atoms with Crippen LogP contribution in [0.1, 0.15) is 46.4 Å². The Morgan fingerprint density at radius 1 is 1.11 bits per heavy atom. The first-order valence-electron chi connectivity index (χ1n) is 11.9. The van der Waals surface area contributed by atoms with Gasteiger partial charge >= 0.3 is 0 Å². The molecule has 9 nitrogen and oxygen atoms in total. The minimum atomic E-state index is -0.106. The summed E-state index contributed by atoms with van der Waals surface area (Å²) < 4.78 is 13.3. The number of benzene rings is 1. The lowest BCUT2D eigenvalue weighted by molar-refractivity contribution is -0.126. The number of amides is 2. The predicted molar refractivity (Wildman–Crippen MR) is 127 cm³/mol. The Labute approximate surface area is 204 Å². The average molecular weight is 476 g/mol. The van der Waals surface area contributed by atoms with Gasteiger partial charge < -0.3 is 24.3 Å². The van der Waals surface area contributed by atoms with Crippen LogP contribution < -0.4 is 10.1 Å². The summed E-state index contributed by atoms with van der Waals surface area (Å²) in [6.07, 6.45) is 4.59. The highest BCUT2D eigenvalue weighted by molar-refractivity contribution is 5.93. The highest BCUT2D eigenvalue weighted by Gasteiger charge is 2.32. The van der Waals surface area contributed by atoms with Gasteiger partial charge in [-0.3, -0.25) is 14.6 Å². The van der Waals surface area contributed by atoms with Crippen molar-refractivity contribution >= 4 is 11.8 Å². The van der Waals surface area contributed by atoms with E-state index in [1.807, 2.05) is 47.0 Å². The van der Waals surface area contributed by atoms with Crippen molar-refractivity contribution in [3.05, 3.63) is 77.6 Å². The molecule has 0 aliphatic carbocycles. The molecule has 2 aromatic heterocycles. The normalized spacial score (nSPS) is 18.1. The molecule has 0 radical (unpaired) electrons. The van der Waals surface area contributed by atoms with E-state index in [4.69, 9.17) is 9.47 Å². The van der Waals surface area contributed by atoms with E-state index in [2.05, 4.69) is 15.3 Å². The van der Waals surface area contributed by atoms with E-state index in [9.17, 15) is 9.59 Å². The third-order valence-electron chi connectivity index (χ3n) is 6.74. The topological polar surface area (TPSA) is 98.6 Å². The van der Waals surface area contributed by atoms with Crippen LogP contribution in [0.4, 0.5) is 0 Å². The lowest BCUT2D eigenvalue weighted by Crippen LogP contribution is -2.43. The number of fused-ring (bicyclic) bond motifs is 1. The molecule has 2 aliphatic heterocycles. The molecule has 2 amide bonds. The van der Waals surface area contributed by atoms with E-state index in [0.29, 0.717) is 51.3 Å². The number of carbonyl (C=O) groups excluding carboxylic acids is 2. The number of piperidine rings is 1. The Morgan fingerprint density at radius 3 is 2.63 bits per heavy atom. The van der Waals surface area contributed by atoms with Gasteiger partial charge in [0.25, 0.3) is 5.91 Å². The summed E-state index contributed by atoms with van der Waals surface area (Å²) >= 11 is 0. The van der Waals surface area contributed by atoms with E-state index in [1.165, 1.54) is 0 Å². The number of imidazole rings is 1. The number of likely N-dealkylation sites (tertiary alicyclic amines) is 1. The van der Waals surface area contributed by atoms with Crippen molar-refractivity contribution in [2.75, 3.05) is 20.2 Å². The largest absolute Gasteiger partial charge is 0.497 e. The van der Waals surface area contributed by atoms with Gasteiger partial charge in [-0.15, -0.1) is 0 Å². The number of carbonyl (C=O) groups is 2. The number of hydrogen-bond donors (Lipinski definition) is 1. The minimum Gasteiger partial charge on any atom is -0.497 e. The molecule has 1 aromatic carbocycles. The maximum atomic E-state index is 13.2. The molecule has 1 atom stereocenters. The summed E-state index contributed by atoms with van der Waals surface area (Å²) in [7, 11) is 1.64. The molecule has 3 aromatic rings. The van der Waals surface area contributed by atoms with Crippen LogP contribution in [0.3, 0.4) is 0 Å². The van der Waals surface area contributed by atoms with Crippen molar-refractivity contribution in [1.82, 2.24) is 24.8 Å². The molecular formula is C26H29N5O4. The van der Waals surface area contributed by atoms with Gasteiger partial charge in [-0.1, -0.05) is 18.2 Å². The molecule has 0 unspecified atom stereocenters. The minimum absolute atomic E-state index is 0.0140. The van der Waals surface area contributed by atoms with Gasteiger partial charge in [0.2, 0.25) is 5.91 Å². The van der Waals surface area contributed by atoms with Crippen molar-refractivity contribution in [1.29, 1.82) is 0 Å². The number of methoxy groups -OCH3 is 1. The summed E-state index contributed by atoms with van der Waals surface area (Å²) in [5, 5.41) is 2.96. The number of nitrogens with one attached hydrogen (secondary N) is 1. The second-order valence-electron chi connectivity index (χ2n) is 8.87. The van der Waals surface area contributed by atoms with Crippen LogP contribution in [0.5, 0.6) is 5.75 Å². The maximum Gasteiger partial charge on any atom is 0.274 e. The zero-order chi connectivity index (χ0) is 24.2. The van der Waals surface area contributed by atoms with E-state index in [-0.39, 0.29) is 23.8 Å². The molecule has 9 heteroatoms. The fourth-order valence-corrected chi connectivity index (χ4v) is 4.65. The highest BCUT2D eigenvalue weighted by atomic mass is 16.5. The zero-order valence-electron chi connectivity index (χ0n) is 19.7. The van der Waals surface area contributed by atoms with Crippen LogP contribution in [0.15, 0.2) is 55.0 Å². The lowest BCUT2D eigenvalue weighted by atomic mass is 9.95. The van der Waals surface area contributed by atoms with E-state index in [1.54, 1.807) is 24.5 Å². The molecule has 2 aliphatic rings. The molecule has 5 rings (SSSR count). The summed E-state index contributed by atoms with van der Waals surface area (Å²) in [6.45, 7) is 2.39. The van der Waals surface area contributed by atoms with Crippen molar-refractivity contribution in [2.45, 2.75) is 38.6 Å². The first-order valence-corrected chi connectivity index (χ1v) is 11.9. The summed E-state index contributed by atoms with van der Waals surface area (Å²) in [5.41, 5.74) is 3.13. The molecule has 0 saturated carbocycles. The zero-order valence-corrected chi connectivity index (χ0v) is 19.7. The number of aromatic nitrogens is 3. The van der Waals surface area contributed by atoms with Crippen LogP contribution in [0, 0.1) is 5.92 Å². The van der Waals surface area contributed by atoms with E-state index >= 15 is 0 Å². The average Bonchev–Trinajstić information content (AvgIpc) is 3.35. The summed E-state index contributed by atoms with van der Waals surface area (Å²) in [4.78, 5) is 36.2. The van der Waals surface area contributed by atoms with Gasteiger partial charge in [0.1, 0.15) is 11.9 Å². The molecule has 0 spiro atoms. The van der Waals surface area contributed by atoms with E-state index in [0.717, 1.165) is 22.7 Å². The van der Waals surface area contributed by atoms with Crippen molar-refractivity contribution in [3.8, 4) is 5.75 Å². The van der Waals surface area contributed by atoms with Crippen LogP contribution in [-0.2, 0) is 29.2 Å². The van der Waals surface area contributed by atoms with Gasteiger partial charge in [0, 0.05) is 25.2 Å². The molecule has 1 saturated heterocycles. The number of rotatable bonds is 6. The molecule has 1 fully saturated rings. The van der Waals surface area contributed by atoms with E-state index < -0.39 is 0 Å². The second kappa shape index (κ2) is 10.3. The fraction of sp³-hybridized carbons (Fsp3) is 0.385. The number of hydrogen-bond acceptors (Lipinski definition) is 6. The molecule has 35 heavy (non-hydrogen) atoms. The molecule has 4 heterocycles. The number of pyridine rings is 1. The van der Waals surface area contributed by atoms with Gasteiger partial charge in [0.15, 0.2) is 5.69 Å². The SMILES string of the molecule is COc1ccc([C@H]2Cn3cnc(C(=O)N4CCC(C(=O)NCc5ccccn5)CC4)c3CO2)cc1. The quantitative estimate of drug-likeness (QED) is 0.589. The Bertz CT molecular complexity index is 1170. The number of ether oxygens (including phenoxy) is 2. The van der Waals surface area contributed by atoms with Crippen molar-refractivity contribution < 1.29 is 19.1 Å². The number of nitrogens with zero attached hydrogens (tertiary/aromatic N) is 4. The van der Waals surface area contributed by atoms with Crippen LogP contribution in [-0.4, -0.2) is 51.4 Å². The second-order valence-corrected chi connectivity index (χ2v) is 8.87. The Kier molecular flexibility index (Phi) is 6.76. The maximum absolute atomic E-state index is 13.2. The van der Waals surface area contributed by atoms with Gasteiger partial charge in [0.05, 0.1) is 44.5 Å². The first kappa shape index (κ1) is 23.0. The van der Waals surface area contributed by atoms with Crippen molar-refractivity contribution in [3.63, 3.8) is 0 Å². The van der Waals surface area contributed by atoms with Crippen molar-refractivity contribution in [2.24, 2.45) is 5.92 Å². The fourth-order valence-electron chi connectivity index (χ4n) is 4.65. The Morgan fingerprint density at radius 2 is 1.91 bits per heavy atom. The Balaban J connectivity index is 1.16. The van der Waals surface area contributed by atoms with Gasteiger partial charge in [-0.2, -0.15) is 0 Å². The van der Waals surface area contributed by atoms with Crippen LogP contribution in [0.25, 0.3) is 0 Å². The summed E-state index contributed by atoms with van der Waals surface area (Å²) in [5.74, 6) is 0.611.